The molecule has 0 unspecified atom stereocenters. The summed E-state index contributed by atoms with van der Waals surface area (Å²) in [6.07, 6.45) is 0. The van der Waals surface area contributed by atoms with Gasteiger partial charge < -0.3 is 21.6 Å². The van der Waals surface area contributed by atoms with Gasteiger partial charge in [0.25, 0.3) is 0 Å². The summed E-state index contributed by atoms with van der Waals surface area (Å²) in [7, 11) is 0. The third-order valence-corrected chi connectivity index (χ3v) is 3.25. The van der Waals surface area contributed by atoms with Gasteiger partial charge in [-0.3, -0.25) is 0 Å². The molecule has 21 heavy (non-hydrogen) atoms. The number of benzene rings is 1. The number of nitrogens with two attached hydrogens (primary N) is 3. The molecule has 0 amide bonds. The highest BCUT2D eigenvalue weighted by Crippen LogP contribution is 2.30. The highest BCUT2D eigenvalue weighted by molar-refractivity contribution is 9.10. The summed E-state index contributed by atoms with van der Waals surface area (Å²) < 4.78 is 6.45. The molecule has 8 heteroatoms. The number of hydrazine groups is 1. The maximum atomic E-state index is 9.11. The Hall–Kier alpha value is -2.50. The van der Waals surface area contributed by atoms with Crippen LogP contribution in [0.1, 0.15) is 11.1 Å². The zero-order chi connectivity index (χ0) is 15.4. The van der Waals surface area contributed by atoms with E-state index in [1.165, 1.54) is 6.07 Å². The number of aromatic nitrogens is 1. The summed E-state index contributed by atoms with van der Waals surface area (Å²) in [4.78, 5) is 3.93. The number of nitriles is 1. The monoisotopic (exact) mass is 348 g/mol. The minimum Gasteiger partial charge on any atom is -0.486 e. The molecule has 0 aliphatic rings. The summed E-state index contributed by atoms with van der Waals surface area (Å²) in [6, 6.07) is 8.96. The van der Waals surface area contributed by atoms with Crippen molar-refractivity contribution in [3.63, 3.8) is 0 Å². The third-order valence-electron chi connectivity index (χ3n) is 2.75. The number of pyridine rings is 1. The van der Waals surface area contributed by atoms with Crippen LogP contribution in [0.2, 0.25) is 0 Å². The normalized spacial score (nSPS) is 9.95. The van der Waals surface area contributed by atoms with Gasteiger partial charge in [0, 0.05) is 16.1 Å². The molecule has 7 N–H and O–H groups in total. The molecule has 0 spiro atoms. The van der Waals surface area contributed by atoms with Gasteiger partial charge >= 0.3 is 0 Å². The fraction of sp³-hybridized carbons (Fsp3) is 0.0769. The molecule has 0 fully saturated rings. The number of nitrogens with one attached hydrogen (secondary N) is 1. The molecule has 1 aromatic carbocycles. The van der Waals surface area contributed by atoms with E-state index < -0.39 is 0 Å². The van der Waals surface area contributed by atoms with Crippen molar-refractivity contribution in [1.82, 2.24) is 4.98 Å². The zero-order valence-corrected chi connectivity index (χ0v) is 12.5. The average molecular weight is 349 g/mol. The fourth-order valence-electron chi connectivity index (χ4n) is 1.71. The predicted molar refractivity (Wildman–Crippen MR) is 84.1 cm³/mol. The summed E-state index contributed by atoms with van der Waals surface area (Å²) in [5, 5.41) is 9.11. The lowest BCUT2D eigenvalue weighted by atomic mass is 10.1. The van der Waals surface area contributed by atoms with Crippen LogP contribution in [0.5, 0.6) is 5.75 Å². The first-order chi connectivity index (χ1) is 10.0. The summed E-state index contributed by atoms with van der Waals surface area (Å²) in [5.74, 6) is 6.12. The first kappa shape index (κ1) is 14.9. The molecular formula is C13H13BrN6O. The molecule has 1 aromatic heterocycles. The molecule has 0 saturated carbocycles. The van der Waals surface area contributed by atoms with E-state index in [9.17, 15) is 0 Å². The van der Waals surface area contributed by atoms with Crippen LogP contribution >= 0.6 is 15.9 Å². The van der Waals surface area contributed by atoms with Gasteiger partial charge in [-0.25, -0.2) is 10.8 Å². The van der Waals surface area contributed by atoms with Gasteiger partial charge in [0.2, 0.25) is 0 Å². The summed E-state index contributed by atoms with van der Waals surface area (Å²) in [6.45, 7) is 0.174. The maximum Gasteiger partial charge on any atom is 0.169 e. The number of rotatable bonds is 4. The van der Waals surface area contributed by atoms with Crippen molar-refractivity contribution in [3.05, 3.63) is 39.9 Å². The zero-order valence-electron chi connectivity index (χ0n) is 10.9. The Morgan fingerprint density at radius 1 is 1.33 bits per heavy atom. The van der Waals surface area contributed by atoms with Crippen LogP contribution in [0.15, 0.2) is 28.7 Å². The van der Waals surface area contributed by atoms with Crippen molar-refractivity contribution in [3.8, 4) is 11.8 Å². The highest BCUT2D eigenvalue weighted by atomic mass is 79.9. The van der Waals surface area contributed by atoms with Gasteiger partial charge in [0.15, 0.2) is 5.82 Å². The third kappa shape index (κ3) is 3.34. The maximum absolute atomic E-state index is 9.11. The van der Waals surface area contributed by atoms with E-state index in [1.54, 1.807) is 12.1 Å². The van der Waals surface area contributed by atoms with Crippen LogP contribution in [-0.4, -0.2) is 4.98 Å². The highest BCUT2D eigenvalue weighted by Gasteiger charge is 2.11. The second-order valence-corrected chi connectivity index (χ2v) is 5.07. The van der Waals surface area contributed by atoms with Crippen molar-refractivity contribution < 1.29 is 4.74 Å². The van der Waals surface area contributed by atoms with Crippen LogP contribution in [0.25, 0.3) is 0 Å². The Kier molecular flexibility index (Phi) is 4.47. The number of hydrogen-bond donors (Lipinski definition) is 4. The van der Waals surface area contributed by atoms with Gasteiger partial charge in [-0.2, -0.15) is 5.26 Å². The second kappa shape index (κ2) is 6.30. The average Bonchev–Trinajstić information content (AvgIpc) is 2.48. The van der Waals surface area contributed by atoms with Crippen LogP contribution in [0.4, 0.5) is 17.3 Å². The molecule has 0 radical (unpaired) electrons. The molecule has 2 aromatic rings. The molecule has 0 atom stereocenters. The van der Waals surface area contributed by atoms with E-state index in [0.29, 0.717) is 11.3 Å². The number of ether oxygens (including phenoxy) is 1. The Bertz CT molecular complexity index is 713. The predicted octanol–water partition coefficient (Wildman–Crippen LogP) is 1.74. The smallest absolute Gasteiger partial charge is 0.169 e. The molecular weight excluding hydrogens is 336 g/mol. The van der Waals surface area contributed by atoms with Gasteiger partial charge in [0.05, 0.1) is 11.6 Å². The van der Waals surface area contributed by atoms with Gasteiger partial charge in [-0.15, -0.1) is 0 Å². The van der Waals surface area contributed by atoms with Crippen LogP contribution in [0.3, 0.4) is 0 Å². The van der Waals surface area contributed by atoms with Crippen molar-refractivity contribution in [2.45, 2.75) is 6.61 Å². The Labute approximate surface area is 129 Å². The Morgan fingerprint density at radius 3 is 2.76 bits per heavy atom. The summed E-state index contributed by atoms with van der Waals surface area (Å²) >= 11 is 3.31. The molecule has 0 aliphatic heterocycles. The Balaban J connectivity index is 2.25. The molecule has 0 saturated heterocycles. The largest absolute Gasteiger partial charge is 0.486 e. The number of nitrogen functional groups attached to an aromatic ring is 3. The van der Waals surface area contributed by atoms with E-state index in [2.05, 4.69) is 32.4 Å². The second-order valence-electron chi connectivity index (χ2n) is 4.15. The van der Waals surface area contributed by atoms with Crippen LogP contribution < -0.4 is 27.5 Å². The van der Waals surface area contributed by atoms with E-state index in [-0.39, 0.29) is 23.9 Å². The van der Waals surface area contributed by atoms with E-state index in [4.69, 9.17) is 27.3 Å². The lowest BCUT2D eigenvalue weighted by Gasteiger charge is -2.13. The van der Waals surface area contributed by atoms with Crippen molar-refractivity contribution >= 4 is 33.3 Å². The number of anilines is 3. The van der Waals surface area contributed by atoms with Gasteiger partial charge in [-0.1, -0.05) is 22.0 Å². The lowest BCUT2D eigenvalue weighted by molar-refractivity contribution is 0.307. The molecule has 1 heterocycles. The van der Waals surface area contributed by atoms with Gasteiger partial charge in [-0.05, 0) is 12.1 Å². The minimum absolute atomic E-state index is 0.174. The molecule has 108 valence electrons. The topological polar surface area (TPSA) is 136 Å². The van der Waals surface area contributed by atoms with E-state index >= 15 is 0 Å². The minimum atomic E-state index is 0.174. The van der Waals surface area contributed by atoms with Crippen molar-refractivity contribution in [1.29, 1.82) is 5.26 Å². The Morgan fingerprint density at radius 2 is 2.10 bits per heavy atom. The van der Waals surface area contributed by atoms with Crippen LogP contribution in [0, 0.1) is 11.3 Å². The van der Waals surface area contributed by atoms with E-state index in [1.807, 2.05) is 6.07 Å². The molecule has 0 aliphatic carbocycles. The number of hydrogen-bond acceptors (Lipinski definition) is 7. The first-order valence-electron chi connectivity index (χ1n) is 5.89. The summed E-state index contributed by atoms with van der Waals surface area (Å²) in [5.41, 5.74) is 15.4. The SMILES string of the molecule is N#Cc1cc(Br)ccc1COc1cc(N)nc(NN)c1N. The number of halogens is 1. The first-order valence-corrected chi connectivity index (χ1v) is 6.68. The van der Waals surface area contributed by atoms with Gasteiger partial charge in [0.1, 0.15) is 23.9 Å². The fourth-order valence-corrected chi connectivity index (χ4v) is 2.08. The number of nitrogens with zero attached hydrogens (tertiary/aromatic N) is 2. The van der Waals surface area contributed by atoms with Crippen molar-refractivity contribution in [2.75, 3.05) is 16.9 Å². The van der Waals surface area contributed by atoms with E-state index in [0.717, 1.165) is 10.0 Å². The molecule has 7 nitrogen and oxygen atoms in total. The standard InChI is InChI=1S/C13H13BrN6O/c14-9-2-1-7(8(3-9)5-15)6-21-10-4-11(16)19-13(20-18)12(10)17/h1-4H,6,17-18H2,(H3,16,19,20). The van der Waals surface area contributed by atoms with Crippen LogP contribution in [-0.2, 0) is 6.61 Å². The molecule has 0 bridgehead atoms. The van der Waals surface area contributed by atoms with Crippen molar-refractivity contribution in [2.24, 2.45) is 5.84 Å². The molecule has 2 rings (SSSR count). The quantitative estimate of drug-likeness (QED) is 0.487. The lowest BCUT2D eigenvalue weighted by Crippen LogP contribution is -2.13.